The van der Waals surface area contributed by atoms with Gasteiger partial charge in [0.15, 0.2) is 11.5 Å². The molecule has 3 aromatic heterocycles. The lowest BCUT2D eigenvalue weighted by Gasteiger charge is -2.39. The number of aromatic nitrogens is 5. The zero-order valence-electron chi connectivity index (χ0n) is 19.8. The number of hydrogen-bond acceptors (Lipinski definition) is 9. The highest BCUT2D eigenvalue weighted by Gasteiger charge is 2.65. The fourth-order valence-electron chi connectivity index (χ4n) is 5.86. The van der Waals surface area contributed by atoms with E-state index in [1.807, 2.05) is 31.4 Å². The SMILES string of the molecule is CC1(C)C2CC[C@@]1(CS(=O)(=O)O)C(=O)C2.CNC1CN(c2nc3ncc(Br)cc3n3cnnc23)C1. The Morgan fingerprint density at radius 3 is 2.66 bits per heavy atom. The first kappa shape index (κ1) is 24.5. The lowest BCUT2D eigenvalue weighted by molar-refractivity contribution is -0.128. The van der Waals surface area contributed by atoms with E-state index >= 15 is 0 Å². The van der Waals surface area contributed by atoms with E-state index in [-0.39, 0.29) is 17.1 Å². The minimum atomic E-state index is -4.08. The van der Waals surface area contributed by atoms with E-state index in [9.17, 15) is 13.2 Å². The Labute approximate surface area is 211 Å². The number of halogens is 1. The smallest absolute Gasteiger partial charge is 0.265 e. The third kappa shape index (κ3) is 4.02. The molecule has 0 aromatic carbocycles. The van der Waals surface area contributed by atoms with Crippen molar-refractivity contribution in [1.82, 2.24) is 29.9 Å². The number of rotatable bonds is 4. The van der Waals surface area contributed by atoms with Crippen LogP contribution in [0.2, 0.25) is 0 Å². The predicted octanol–water partition coefficient (Wildman–Crippen LogP) is 2.11. The van der Waals surface area contributed by atoms with Gasteiger partial charge in [0.1, 0.15) is 12.1 Å². The summed E-state index contributed by atoms with van der Waals surface area (Å²) < 4.78 is 33.8. The average Bonchev–Trinajstić information content (AvgIpc) is 3.37. The van der Waals surface area contributed by atoms with Crippen LogP contribution in [0, 0.1) is 16.7 Å². The molecule has 2 N–H and O–H groups in total. The van der Waals surface area contributed by atoms with Crippen LogP contribution in [0.3, 0.4) is 0 Å². The van der Waals surface area contributed by atoms with Gasteiger partial charge in [-0.25, -0.2) is 9.97 Å². The summed E-state index contributed by atoms with van der Waals surface area (Å²) in [6.07, 6.45) is 5.42. The van der Waals surface area contributed by atoms with Crippen molar-refractivity contribution in [2.75, 3.05) is 30.8 Å². The highest BCUT2D eigenvalue weighted by atomic mass is 79.9. The molecular weight excluding hydrogens is 538 g/mol. The summed E-state index contributed by atoms with van der Waals surface area (Å²) in [7, 11) is -2.10. The maximum Gasteiger partial charge on any atom is 0.265 e. The molecule has 0 spiro atoms. The second kappa shape index (κ2) is 8.43. The van der Waals surface area contributed by atoms with Gasteiger partial charge in [0, 0.05) is 36.2 Å². The Morgan fingerprint density at radius 2 is 2.06 bits per heavy atom. The van der Waals surface area contributed by atoms with Crippen LogP contribution >= 0.6 is 15.9 Å². The number of likely N-dealkylation sites (N-methyl/N-ethyl adjacent to an activating group) is 1. The third-order valence-corrected chi connectivity index (χ3v) is 9.48. The van der Waals surface area contributed by atoms with Crippen LogP contribution in [0.1, 0.15) is 33.1 Å². The first-order valence-electron chi connectivity index (χ1n) is 11.5. The summed E-state index contributed by atoms with van der Waals surface area (Å²) in [6, 6.07) is 2.48. The second-order valence-corrected chi connectivity index (χ2v) is 12.6. The van der Waals surface area contributed by atoms with E-state index in [1.54, 1.807) is 12.5 Å². The number of nitrogens with zero attached hydrogens (tertiary/aromatic N) is 6. The number of hydrogen-bond donors (Lipinski definition) is 2. The van der Waals surface area contributed by atoms with Crippen LogP contribution in [0.4, 0.5) is 5.82 Å². The molecule has 3 aliphatic rings. The number of carbonyl (C=O) groups excluding carboxylic acids is 1. The lowest BCUT2D eigenvalue weighted by atomic mass is 9.70. The fourth-order valence-corrected chi connectivity index (χ4v) is 7.48. The highest BCUT2D eigenvalue weighted by molar-refractivity contribution is 9.10. The Morgan fingerprint density at radius 1 is 1.31 bits per heavy atom. The number of pyridine rings is 1. The van der Waals surface area contributed by atoms with E-state index in [0.717, 1.165) is 41.0 Å². The molecule has 35 heavy (non-hydrogen) atoms. The monoisotopic (exact) mass is 565 g/mol. The lowest BCUT2D eigenvalue weighted by Crippen LogP contribution is -2.57. The number of fused-ring (bicyclic) bond motifs is 5. The number of ketones is 1. The largest absolute Gasteiger partial charge is 0.350 e. The van der Waals surface area contributed by atoms with Gasteiger partial charge in [0.25, 0.3) is 10.1 Å². The molecule has 0 amide bonds. The molecule has 4 heterocycles. The number of nitrogens with one attached hydrogen (secondary N) is 1. The quantitative estimate of drug-likeness (QED) is 0.451. The van der Waals surface area contributed by atoms with Crippen molar-refractivity contribution in [2.24, 2.45) is 16.7 Å². The fraction of sp³-hybridized carbons (Fsp3) is 0.591. The van der Waals surface area contributed by atoms with Crippen LogP contribution < -0.4 is 10.2 Å². The average molecular weight is 566 g/mol. The standard InChI is InChI=1S/C12H12BrN7.C10H16O4S/c1-14-8-4-19(5-8)11-12-18-16-6-20(12)9-2-7(13)3-15-10(9)17-11;1-9(2)7-3-4-10(9,8(11)5-7)6-15(12,13)14/h2-3,6,8,14H,4-5H2,1H3;7H,3-6H2,1-2H3,(H,12,13,14)/t;7?,10-/m.1/s1. The molecule has 11 nitrogen and oxygen atoms in total. The van der Waals surface area contributed by atoms with Crippen LogP contribution in [-0.2, 0) is 14.9 Å². The molecular formula is C22H28BrN7O4S. The summed E-state index contributed by atoms with van der Waals surface area (Å²) in [5.74, 6) is 0.743. The highest BCUT2D eigenvalue weighted by Crippen LogP contribution is 2.64. The molecule has 2 bridgehead atoms. The normalized spacial score (nSPS) is 25.7. The number of carbonyl (C=O) groups is 1. The van der Waals surface area contributed by atoms with Gasteiger partial charge in [0.05, 0.1) is 16.7 Å². The minimum absolute atomic E-state index is 0.0152. The first-order valence-corrected chi connectivity index (χ1v) is 13.9. The van der Waals surface area contributed by atoms with Crippen molar-refractivity contribution in [2.45, 2.75) is 39.2 Å². The summed E-state index contributed by atoms with van der Waals surface area (Å²) in [5.41, 5.74) is 1.25. The Bertz CT molecular complexity index is 1420. The molecule has 3 fully saturated rings. The third-order valence-electron chi connectivity index (χ3n) is 8.19. The van der Waals surface area contributed by atoms with Crippen molar-refractivity contribution < 1.29 is 17.8 Å². The molecule has 1 aliphatic heterocycles. The van der Waals surface area contributed by atoms with Crippen molar-refractivity contribution in [3.8, 4) is 0 Å². The molecule has 1 saturated heterocycles. The van der Waals surface area contributed by atoms with Crippen molar-refractivity contribution in [3.63, 3.8) is 0 Å². The summed E-state index contributed by atoms with van der Waals surface area (Å²) in [4.78, 5) is 23.1. The van der Waals surface area contributed by atoms with Crippen LogP contribution in [0.5, 0.6) is 0 Å². The molecule has 2 saturated carbocycles. The van der Waals surface area contributed by atoms with Crippen molar-refractivity contribution >= 4 is 54.5 Å². The molecule has 2 aliphatic carbocycles. The molecule has 1 unspecified atom stereocenters. The summed E-state index contributed by atoms with van der Waals surface area (Å²) in [6.45, 7) is 5.74. The van der Waals surface area contributed by atoms with Crippen LogP contribution in [0.25, 0.3) is 16.8 Å². The van der Waals surface area contributed by atoms with Gasteiger partial charge in [-0.15, -0.1) is 10.2 Å². The van der Waals surface area contributed by atoms with E-state index in [1.165, 1.54) is 0 Å². The molecule has 2 atom stereocenters. The minimum Gasteiger partial charge on any atom is -0.350 e. The van der Waals surface area contributed by atoms with Gasteiger partial charge in [-0.2, -0.15) is 8.42 Å². The zero-order chi connectivity index (χ0) is 25.2. The van der Waals surface area contributed by atoms with Crippen LogP contribution in [-0.4, -0.2) is 75.3 Å². The Kier molecular flexibility index (Phi) is 5.89. The van der Waals surface area contributed by atoms with Gasteiger partial charge in [-0.05, 0) is 53.2 Å². The molecule has 0 radical (unpaired) electrons. The van der Waals surface area contributed by atoms with Crippen molar-refractivity contribution in [1.29, 1.82) is 0 Å². The Hall–Kier alpha value is -2.22. The van der Waals surface area contributed by atoms with Gasteiger partial charge >= 0.3 is 0 Å². The van der Waals surface area contributed by atoms with Crippen molar-refractivity contribution in [3.05, 3.63) is 23.1 Å². The second-order valence-electron chi connectivity index (χ2n) is 10.2. The van der Waals surface area contributed by atoms with E-state index in [0.29, 0.717) is 24.5 Å². The molecule has 3 aromatic rings. The molecule has 6 rings (SSSR count). The molecule has 13 heteroatoms. The Balaban J connectivity index is 0.000000152. The molecule has 188 valence electrons. The van der Waals surface area contributed by atoms with E-state index in [4.69, 9.17) is 4.55 Å². The van der Waals surface area contributed by atoms with E-state index in [2.05, 4.69) is 46.3 Å². The topological polar surface area (TPSA) is 143 Å². The van der Waals surface area contributed by atoms with Gasteiger partial charge < -0.3 is 10.2 Å². The first-order chi connectivity index (χ1) is 16.4. The van der Waals surface area contributed by atoms with Gasteiger partial charge in [0.2, 0.25) is 5.65 Å². The summed E-state index contributed by atoms with van der Waals surface area (Å²) in [5, 5.41) is 11.5. The summed E-state index contributed by atoms with van der Waals surface area (Å²) >= 11 is 3.43. The number of anilines is 1. The van der Waals surface area contributed by atoms with Gasteiger partial charge in [-0.1, -0.05) is 13.8 Å². The maximum atomic E-state index is 11.9. The maximum absolute atomic E-state index is 11.9. The number of Topliss-reactive ketones (excluding diaryl/α,β-unsaturated/α-hetero) is 1. The van der Waals surface area contributed by atoms with Crippen LogP contribution in [0.15, 0.2) is 23.1 Å². The predicted molar refractivity (Wildman–Crippen MR) is 134 cm³/mol. The zero-order valence-corrected chi connectivity index (χ0v) is 22.2. The van der Waals surface area contributed by atoms with E-state index < -0.39 is 21.3 Å². The van der Waals surface area contributed by atoms with Gasteiger partial charge in [-0.3, -0.25) is 13.7 Å².